The minimum Gasteiger partial charge on any atom is -0.478 e. The lowest BCUT2D eigenvalue weighted by Crippen LogP contribution is -2.38. The number of nitrogens with two attached hydrogens (primary N) is 1. The number of hydrogen-bond acceptors (Lipinski definition) is 8. The van der Waals surface area contributed by atoms with Crippen molar-refractivity contribution in [1.29, 1.82) is 0 Å². The fraction of sp³-hybridized carbons (Fsp3) is 0.242. The molecule has 0 fully saturated rings. The molecule has 4 rings (SSSR count). The van der Waals surface area contributed by atoms with E-state index in [0.717, 1.165) is 21.6 Å². The van der Waals surface area contributed by atoms with E-state index in [9.17, 15) is 14.7 Å². The highest BCUT2D eigenvalue weighted by Gasteiger charge is 2.28. The van der Waals surface area contributed by atoms with E-state index in [0.29, 0.717) is 25.2 Å². The van der Waals surface area contributed by atoms with Crippen molar-refractivity contribution >= 4 is 17.6 Å². The Morgan fingerprint density at radius 1 is 0.933 bits per heavy atom. The van der Waals surface area contributed by atoms with Crippen LogP contribution >= 0.6 is 0 Å². The van der Waals surface area contributed by atoms with Crippen molar-refractivity contribution in [3.63, 3.8) is 0 Å². The monoisotopic (exact) mass is 619 g/mol. The average molecular weight is 620 g/mol. The van der Waals surface area contributed by atoms with E-state index in [-0.39, 0.29) is 17.1 Å². The first-order valence-corrected chi connectivity index (χ1v) is 14.1. The number of carbonyl (C=O) groups is 2. The minimum absolute atomic E-state index is 0.187. The Morgan fingerprint density at radius 3 is 2.27 bits per heavy atom. The molecule has 1 amide bonds. The number of ether oxygens (including phenoxy) is 2. The zero-order valence-corrected chi connectivity index (χ0v) is 25.4. The van der Waals surface area contributed by atoms with E-state index < -0.39 is 47.5 Å². The van der Waals surface area contributed by atoms with Gasteiger partial charge in [-0.3, -0.25) is 4.79 Å². The molecule has 0 saturated heterocycles. The van der Waals surface area contributed by atoms with Gasteiger partial charge in [-0.05, 0) is 73.6 Å². The number of benzene rings is 3. The molecule has 4 aromatic rings. The molecule has 0 aliphatic rings. The SMILES string of the molecule is Cc1ccc(C(=O)O)c(Oc2nc(Oc3cccc(-c4cccc(CN)c4)c3)c(F)c(N(C)CC(=O)NCCN(C)C)c2F)c1. The predicted octanol–water partition coefficient (Wildman–Crippen LogP) is 5.19. The Kier molecular flexibility index (Phi) is 10.7. The molecule has 0 bridgehead atoms. The number of carboxylic acid groups (broad SMARTS) is 1. The van der Waals surface area contributed by atoms with Gasteiger partial charge in [-0.1, -0.05) is 36.4 Å². The van der Waals surface area contributed by atoms with Gasteiger partial charge in [-0.15, -0.1) is 0 Å². The minimum atomic E-state index is -1.31. The van der Waals surface area contributed by atoms with Gasteiger partial charge in [0.05, 0.1) is 6.54 Å². The van der Waals surface area contributed by atoms with Crippen LogP contribution in [0.4, 0.5) is 14.5 Å². The zero-order chi connectivity index (χ0) is 32.7. The molecule has 45 heavy (non-hydrogen) atoms. The lowest BCUT2D eigenvalue weighted by Gasteiger charge is -2.22. The molecule has 3 aromatic carbocycles. The first-order chi connectivity index (χ1) is 21.5. The molecule has 0 unspecified atom stereocenters. The summed E-state index contributed by atoms with van der Waals surface area (Å²) in [7, 11) is 5.03. The summed E-state index contributed by atoms with van der Waals surface area (Å²) in [4.78, 5) is 31.4. The van der Waals surface area contributed by atoms with E-state index in [1.807, 2.05) is 49.3 Å². The summed E-state index contributed by atoms with van der Waals surface area (Å²) in [5, 5.41) is 12.4. The smallest absolute Gasteiger partial charge is 0.339 e. The van der Waals surface area contributed by atoms with Crippen molar-refractivity contribution < 1.29 is 33.0 Å². The maximum absolute atomic E-state index is 16.0. The second kappa shape index (κ2) is 14.6. The van der Waals surface area contributed by atoms with Crippen LogP contribution in [0.3, 0.4) is 0 Å². The van der Waals surface area contributed by atoms with Crippen LogP contribution in [-0.2, 0) is 11.3 Å². The first kappa shape index (κ1) is 32.8. The summed E-state index contributed by atoms with van der Waals surface area (Å²) in [5.74, 6) is -5.60. The lowest BCUT2D eigenvalue weighted by molar-refractivity contribution is -0.119. The number of pyridine rings is 1. The van der Waals surface area contributed by atoms with E-state index >= 15 is 8.78 Å². The number of carbonyl (C=O) groups excluding carboxylic acids is 1. The molecule has 0 atom stereocenters. The molecule has 0 aliphatic heterocycles. The fourth-order valence-corrected chi connectivity index (χ4v) is 4.45. The molecular formula is C33H35F2N5O5. The highest BCUT2D eigenvalue weighted by molar-refractivity contribution is 5.91. The summed E-state index contributed by atoms with van der Waals surface area (Å²) in [6.07, 6.45) is 0. The van der Waals surface area contributed by atoms with E-state index in [1.54, 1.807) is 31.2 Å². The number of likely N-dealkylation sites (N-methyl/N-ethyl adjacent to an activating group) is 2. The molecule has 236 valence electrons. The molecule has 1 heterocycles. The highest BCUT2D eigenvalue weighted by Crippen LogP contribution is 2.39. The topological polar surface area (TPSA) is 130 Å². The summed E-state index contributed by atoms with van der Waals surface area (Å²) < 4.78 is 43.5. The summed E-state index contributed by atoms with van der Waals surface area (Å²) >= 11 is 0. The molecule has 0 aliphatic carbocycles. The van der Waals surface area contributed by atoms with Crippen molar-refractivity contribution in [2.24, 2.45) is 5.73 Å². The maximum atomic E-state index is 16.0. The number of nitrogens with zero attached hydrogens (tertiary/aromatic N) is 3. The molecule has 1 aromatic heterocycles. The molecule has 0 saturated carbocycles. The predicted molar refractivity (Wildman–Crippen MR) is 167 cm³/mol. The number of aryl methyl sites for hydroxylation is 1. The number of aromatic nitrogens is 1. The normalized spacial score (nSPS) is 10.9. The Labute approximate surface area is 260 Å². The molecule has 0 radical (unpaired) electrons. The molecule has 4 N–H and O–H groups in total. The third-order valence-corrected chi connectivity index (χ3v) is 6.76. The summed E-state index contributed by atoms with van der Waals surface area (Å²) in [6.45, 7) is 2.56. The number of aromatic carboxylic acids is 1. The van der Waals surface area contributed by atoms with Crippen LogP contribution in [0.2, 0.25) is 0 Å². The summed E-state index contributed by atoms with van der Waals surface area (Å²) in [5.41, 5.74) is 8.04. The van der Waals surface area contributed by atoms with Crippen LogP contribution in [-0.4, -0.2) is 67.6 Å². The zero-order valence-electron chi connectivity index (χ0n) is 25.4. The maximum Gasteiger partial charge on any atom is 0.339 e. The van der Waals surface area contributed by atoms with Crippen LogP contribution in [0.15, 0.2) is 66.7 Å². The molecular weight excluding hydrogens is 584 g/mol. The summed E-state index contributed by atoms with van der Waals surface area (Å²) in [6, 6.07) is 18.6. The number of hydrogen-bond donors (Lipinski definition) is 3. The molecule has 10 nitrogen and oxygen atoms in total. The lowest BCUT2D eigenvalue weighted by atomic mass is 10.0. The van der Waals surface area contributed by atoms with Crippen molar-refractivity contribution in [1.82, 2.24) is 15.2 Å². The number of anilines is 1. The van der Waals surface area contributed by atoms with Gasteiger partial charge in [-0.25, -0.2) is 4.79 Å². The van der Waals surface area contributed by atoms with E-state index in [1.165, 1.54) is 19.2 Å². The Morgan fingerprint density at radius 2 is 1.60 bits per heavy atom. The van der Waals surface area contributed by atoms with E-state index in [2.05, 4.69) is 10.3 Å². The van der Waals surface area contributed by atoms with Crippen LogP contribution in [0.25, 0.3) is 11.1 Å². The van der Waals surface area contributed by atoms with Gasteiger partial charge in [-0.2, -0.15) is 13.8 Å². The van der Waals surface area contributed by atoms with Gasteiger partial charge in [0.1, 0.15) is 22.7 Å². The highest BCUT2D eigenvalue weighted by atomic mass is 19.1. The molecule has 0 spiro atoms. The van der Waals surface area contributed by atoms with E-state index in [4.69, 9.17) is 15.2 Å². The average Bonchev–Trinajstić information content (AvgIpc) is 2.99. The number of carboxylic acids is 1. The fourth-order valence-electron chi connectivity index (χ4n) is 4.45. The Bertz CT molecular complexity index is 1700. The Balaban J connectivity index is 1.75. The largest absolute Gasteiger partial charge is 0.478 e. The van der Waals surface area contributed by atoms with Crippen molar-refractivity contribution in [3.8, 4) is 34.4 Å². The second-order valence-corrected chi connectivity index (χ2v) is 10.6. The number of nitrogens with one attached hydrogen (secondary N) is 1. The Hall–Kier alpha value is -5.07. The number of halogens is 2. The molecule has 12 heteroatoms. The third kappa shape index (κ3) is 8.31. The van der Waals surface area contributed by atoms with Crippen LogP contribution < -0.4 is 25.4 Å². The first-order valence-electron chi connectivity index (χ1n) is 14.1. The van der Waals surface area contributed by atoms with Gasteiger partial charge in [0.2, 0.25) is 17.5 Å². The van der Waals surface area contributed by atoms with Gasteiger partial charge < -0.3 is 35.4 Å². The van der Waals surface area contributed by atoms with Crippen LogP contribution in [0.1, 0.15) is 21.5 Å². The van der Waals surface area contributed by atoms with Gasteiger partial charge >= 0.3 is 5.97 Å². The van der Waals surface area contributed by atoms with Crippen LogP contribution in [0, 0.1) is 18.6 Å². The van der Waals surface area contributed by atoms with Gasteiger partial charge in [0, 0.05) is 26.7 Å². The third-order valence-electron chi connectivity index (χ3n) is 6.76. The van der Waals surface area contributed by atoms with Gasteiger partial charge in [0.25, 0.3) is 11.8 Å². The van der Waals surface area contributed by atoms with Crippen molar-refractivity contribution in [3.05, 3.63) is 95.1 Å². The second-order valence-electron chi connectivity index (χ2n) is 10.6. The number of rotatable bonds is 13. The quantitative estimate of drug-likeness (QED) is 0.185. The van der Waals surface area contributed by atoms with Crippen molar-refractivity contribution in [2.75, 3.05) is 45.7 Å². The van der Waals surface area contributed by atoms with Gasteiger partial charge in [0.15, 0.2) is 0 Å². The number of amides is 1. The van der Waals surface area contributed by atoms with Crippen LogP contribution in [0.5, 0.6) is 23.3 Å². The standard InChI is InChI=1S/C33H35F2N5O5/c1-20-11-12-25(33(42)43)26(15-20)45-32-29(35)30(40(4)19-27(41)37-13-14-39(2)3)28(34)31(38-32)44-24-10-6-9-23(17-24)22-8-5-7-21(16-22)18-36/h5-12,15-17H,13-14,18-19,36H2,1-4H3,(H,37,41)(H,42,43). The van der Waals surface area contributed by atoms with Crippen molar-refractivity contribution in [2.45, 2.75) is 13.5 Å².